The molecule has 8 nitrogen and oxygen atoms in total. The molecule has 0 aliphatic carbocycles. The Labute approximate surface area is 246 Å². The van der Waals surface area contributed by atoms with E-state index in [-0.39, 0.29) is 18.2 Å². The van der Waals surface area contributed by atoms with Gasteiger partial charge in [0.2, 0.25) is 0 Å². The third-order valence-corrected chi connectivity index (χ3v) is 12.1. The van der Waals surface area contributed by atoms with Crippen LogP contribution < -0.4 is 15.7 Å². The Balaban J connectivity index is 2.11. The van der Waals surface area contributed by atoms with E-state index in [1.807, 2.05) is 36.4 Å². The van der Waals surface area contributed by atoms with E-state index in [1.54, 1.807) is 41.5 Å². The fraction of sp³-hybridized carbons (Fsp3) is 0.562. The molecule has 2 N–H and O–H groups in total. The Bertz CT molecular complexity index is 1120. The van der Waals surface area contributed by atoms with Crippen molar-refractivity contribution in [2.24, 2.45) is 0 Å². The zero-order valence-corrected chi connectivity index (χ0v) is 27.1. The predicted molar refractivity (Wildman–Crippen MR) is 164 cm³/mol. The maximum absolute atomic E-state index is 13.3. The third kappa shape index (κ3) is 8.11. The molecule has 3 atom stereocenters. The largest absolute Gasteiger partial charge is 0.444 e. The van der Waals surface area contributed by atoms with Gasteiger partial charge >= 0.3 is 12.2 Å². The van der Waals surface area contributed by atoms with Crippen molar-refractivity contribution in [2.45, 2.75) is 103 Å². The van der Waals surface area contributed by atoms with Gasteiger partial charge in [0.05, 0.1) is 24.8 Å². The van der Waals surface area contributed by atoms with Gasteiger partial charge in [0.25, 0.3) is 8.32 Å². The summed E-state index contributed by atoms with van der Waals surface area (Å²) in [6.45, 7) is 17.2. The number of likely N-dealkylation sites (tertiary alicyclic amines) is 1. The summed E-state index contributed by atoms with van der Waals surface area (Å²) in [7, 11) is -3.01. The van der Waals surface area contributed by atoms with Crippen molar-refractivity contribution in [3.05, 3.63) is 60.7 Å². The molecule has 3 rings (SSSR count). The molecule has 226 valence electrons. The number of hydrogen-bond acceptors (Lipinski definition) is 6. The van der Waals surface area contributed by atoms with Gasteiger partial charge in [-0.25, -0.2) is 9.59 Å². The summed E-state index contributed by atoms with van der Waals surface area (Å²) in [5, 5.41) is 15.3. The van der Waals surface area contributed by atoms with Crippen molar-refractivity contribution < 1.29 is 28.6 Å². The highest BCUT2D eigenvalue weighted by Gasteiger charge is 2.54. The van der Waals surface area contributed by atoms with E-state index < -0.39 is 49.9 Å². The van der Waals surface area contributed by atoms with Crippen LogP contribution in [0.2, 0.25) is 5.04 Å². The first-order chi connectivity index (χ1) is 19.0. The number of carbonyl (C=O) groups excluding carboxylic acids is 2. The lowest BCUT2D eigenvalue weighted by molar-refractivity contribution is -0.0293. The molecule has 1 heterocycles. The first kappa shape index (κ1) is 32.6. The molecule has 0 unspecified atom stereocenters. The number of rotatable bonds is 6. The molecule has 1 saturated heterocycles. The Kier molecular flexibility index (Phi) is 9.99. The van der Waals surface area contributed by atoms with Crippen molar-refractivity contribution in [2.75, 3.05) is 13.2 Å². The lowest BCUT2D eigenvalue weighted by Gasteiger charge is -2.50. The van der Waals surface area contributed by atoms with E-state index in [0.29, 0.717) is 6.42 Å². The maximum atomic E-state index is 13.3. The highest BCUT2D eigenvalue weighted by atomic mass is 28.4. The minimum absolute atomic E-state index is 0.0995. The SMILES string of the molecule is CC(C)(C)OC(=O)N[C@@H]1CN(C(=O)OC(C)(C)C)[C@H](CO)C[C@@H]1O[Si](c1ccccc1)(c1ccccc1)C(C)(C)C. The predicted octanol–water partition coefficient (Wildman–Crippen LogP) is 4.83. The van der Waals surface area contributed by atoms with Crippen LogP contribution in [0.3, 0.4) is 0 Å². The van der Waals surface area contributed by atoms with Crippen LogP contribution in [0.25, 0.3) is 0 Å². The summed E-state index contributed by atoms with van der Waals surface area (Å²) in [4.78, 5) is 27.8. The molecule has 41 heavy (non-hydrogen) atoms. The number of alkyl carbamates (subject to hydrolysis) is 1. The zero-order chi connectivity index (χ0) is 30.6. The second kappa shape index (κ2) is 12.5. The number of piperidine rings is 1. The number of carbonyl (C=O) groups is 2. The van der Waals surface area contributed by atoms with Crippen LogP contribution in [0.15, 0.2) is 60.7 Å². The smallest absolute Gasteiger partial charge is 0.410 e. The molecular weight excluding hydrogens is 536 g/mol. The summed E-state index contributed by atoms with van der Waals surface area (Å²) in [5.74, 6) is 0. The monoisotopic (exact) mass is 584 g/mol. The maximum Gasteiger partial charge on any atom is 0.410 e. The summed E-state index contributed by atoms with van der Waals surface area (Å²) in [5.41, 5.74) is -1.42. The van der Waals surface area contributed by atoms with Gasteiger partial charge < -0.3 is 29.2 Å². The molecule has 0 spiro atoms. The molecule has 0 saturated carbocycles. The van der Waals surface area contributed by atoms with Gasteiger partial charge in [0.15, 0.2) is 0 Å². The molecule has 2 amide bonds. The van der Waals surface area contributed by atoms with E-state index in [1.165, 1.54) is 4.90 Å². The Morgan fingerprint density at radius 2 is 1.34 bits per heavy atom. The Morgan fingerprint density at radius 3 is 1.76 bits per heavy atom. The van der Waals surface area contributed by atoms with Gasteiger partial charge in [-0.15, -0.1) is 0 Å². The first-order valence-corrected chi connectivity index (χ1v) is 16.3. The third-order valence-electron chi connectivity index (χ3n) is 7.07. The van der Waals surface area contributed by atoms with Crippen LogP contribution in [0.4, 0.5) is 9.59 Å². The molecule has 0 radical (unpaired) electrons. The normalized spacial score (nSPS) is 20.3. The van der Waals surface area contributed by atoms with Crippen molar-refractivity contribution >= 4 is 30.9 Å². The molecule has 2 aromatic rings. The lowest BCUT2D eigenvalue weighted by atomic mass is 9.96. The number of aliphatic hydroxyl groups excluding tert-OH is 1. The molecule has 1 aliphatic rings. The number of ether oxygens (including phenoxy) is 2. The first-order valence-electron chi connectivity index (χ1n) is 14.4. The summed E-state index contributed by atoms with van der Waals surface area (Å²) in [6.07, 6.45) is -1.35. The Hall–Kier alpha value is -2.88. The van der Waals surface area contributed by atoms with Gasteiger partial charge in [-0.05, 0) is 63.4 Å². The second-order valence-corrected chi connectivity index (χ2v) is 18.0. The molecule has 0 bridgehead atoms. The van der Waals surface area contributed by atoms with E-state index >= 15 is 0 Å². The van der Waals surface area contributed by atoms with Gasteiger partial charge in [-0.3, -0.25) is 0 Å². The number of amides is 2. The minimum Gasteiger partial charge on any atom is -0.444 e. The average molecular weight is 585 g/mol. The summed E-state index contributed by atoms with van der Waals surface area (Å²) < 4.78 is 18.7. The molecule has 2 aromatic carbocycles. The second-order valence-electron chi connectivity index (χ2n) is 13.8. The Morgan fingerprint density at radius 1 is 0.854 bits per heavy atom. The topological polar surface area (TPSA) is 97.3 Å². The fourth-order valence-corrected chi connectivity index (χ4v) is 10.1. The zero-order valence-electron chi connectivity index (χ0n) is 26.1. The number of nitrogens with zero attached hydrogens (tertiary/aromatic N) is 1. The van der Waals surface area contributed by atoms with Crippen LogP contribution in [-0.4, -0.2) is 73.1 Å². The molecule has 1 fully saturated rings. The molecular formula is C32H48N2O6Si. The van der Waals surface area contributed by atoms with Crippen LogP contribution in [-0.2, 0) is 13.9 Å². The van der Waals surface area contributed by atoms with Gasteiger partial charge in [-0.1, -0.05) is 81.4 Å². The molecule has 9 heteroatoms. The number of hydrogen-bond donors (Lipinski definition) is 2. The lowest BCUT2D eigenvalue weighted by Crippen LogP contribution is -2.71. The quantitative estimate of drug-likeness (QED) is 0.473. The number of nitrogens with one attached hydrogen (secondary N) is 1. The van der Waals surface area contributed by atoms with Gasteiger partial charge in [-0.2, -0.15) is 0 Å². The van der Waals surface area contributed by atoms with E-state index in [4.69, 9.17) is 13.9 Å². The number of aliphatic hydroxyl groups is 1. The highest BCUT2D eigenvalue weighted by molar-refractivity contribution is 6.99. The molecule has 1 aliphatic heterocycles. The van der Waals surface area contributed by atoms with Gasteiger partial charge in [0, 0.05) is 6.54 Å². The van der Waals surface area contributed by atoms with E-state index in [2.05, 4.69) is 50.4 Å². The van der Waals surface area contributed by atoms with Crippen molar-refractivity contribution in [1.82, 2.24) is 10.2 Å². The van der Waals surface area contributed by atoms with Crippen molar-refractivity contribution in [3.63, 3.8) is 0 Å². The number of benzene rings is 2. The van der Waals surface area contributed by atoms with E-state index in [9.17, 15) is 14.7 Å². The standard InChI is InChI=1S/C32H48N2O6Si/c1-30(2,3)38-28(36)33-26-21-34(29(37)39-31(4,5)6)23(22-35)20-27(26)40-41(32(7,8)9,24-16-12-10-13-17-24)25-18-14-11-15-19-25/h10-19,23,26-27,35H,20-22H2,1-9H3,(H,33,36)/t23-,26+,27-/m0/s1. The fourth-order valence-electron chi connectivity index (χ4n) is 5.40. The van der Waals surface area contributed by atoms with Crippen molar-refractivity contribution in [1.29, 1.82) is 0 Å². The van der Waals surface area contributed by atoms with Crippen LogP contribution in [0, 0.1) is 0 Å². The summed E-state index contributed by atoms with van der Waals surface area (Å²) in [6, 6.07) is 19.3. The highest BCUT2D eigenvalue weighted by Crippen LogP contribution is 2.39. The molecule has 0 aromatic heterocycles. The average Bonchev–Trinajstić information content (AvgIpc) is 2.85. The van der Waals surface area contributed by atoms with Crippen LogP contribution in [0.1, 0.15) is 68.7 Å². The van der Waals surface area contributed by atoms with E-state index in [0.717, 1.165) is 10.4 Å². The van der Waals surface area contributed by atoms with Crippen LogP contribution >= 0.6 is 0 Å². The van der Waals surface area contributed by atoms with Gasteiger partial charge in [0.1, 0.15) is 11.2 Å². The van der Waals surface area contributed by atoms with Crippen molar-refractivity contribution in [3.8, 4) is 0 Å². The van der Waals surface area contributed by atoms with Crippen LogP contribution in [0.5, 0.6) is 0 Å². The summed E-state index contributed by atoms with van der Waals surface area (Å²) >= 11 is 0. The minimum atomic E-state index is -3.01.